The second-order valence-electron chi connectivity index (χ2n) is 5.42. The number of carboxylic acid groups (broad SMARTS) is 2. The van der Waals surface area contributed by atoms with Crippen molar-refractivity contribution >= 4 is 23.7 Å². The molecule has 1 aliphatic rings. The summed E-state index contributed by atoms with van der Waals surface area (Å²) in [5, 5.41) is 20.4. The number of methoxy groups -OCH3 is 1. The minimum Gasteiger partial charge on any atom is -0.497 e. The maximum atomic E-state index is 11.8. The van der Waals surface area contributed by atoms with Crippen molar-refractivity contribution in [2.75, 3.05) is 19.0 Å². The van der Waals surface area contributed by atoms with Crippen molar-refractivity contribution in [1.29, 1.82) is 0 Å². The highest BCUT2D eigenvalue weighted by atomic mass is 16.5. The van der Waals surface area contributed by atoms with Crippen molar-refractivity contribution in [3.8, 4) is 5.75 Å². The molecule has 0 aliphatic heterocycles. The van der Waals surface area contributed by atoms with E-state index in [0.29, 0.717) is 11.4 Å². The second kappa shape index (κ2) is 7.18. The van der Waals surface area contributed by atoms with Gasteiger partial charge in [0.1, 0.15) is 11.8 Å². The lowest BCUT2D eigenvalue weighted by atomic mass is 10.1. The summed E-state index contributed by atoms with van der Waals surface area (Å²) in [7, 11) is 1.49. The van der Waals surface area contributed by atoms with Crippen molar-refractivity contribution < 1.29 is 34.1 Å². The summed E-state index contributed by atoms with van der Waals surface area (Å²) in [6.07, 6.45) is -0.776. The van der Waals surface area contributed by atoms with Crippen molar-refractivity contribution in [2.24, 2.45) is 23.5 Å². The molecular formula is C15H18N2O7. The molecule has 9 nitrogen and oxygen atoms in total. The molecule has 0 aromatic heterocycles. The normalized spacial score (nSPS) is 23.0. The van der Waals surface area contributed by atoms with Gasteiger partial charge in [0.25, 0.3) is 0 Å². The van der Waals surface area contributed by atoms with E-state index < -0.39 is 41.8 Å². The molecule has 0 radical (unpaired) electrons. The highest BCUT2D eigenvalue weighted by Gasteiger charge is 2.60. The van der Waals surface area contributed by atoms with Crippen LogP contribution in [0.15, 0.2) is 24.3 Å². The van der Waals surface area contributed by atoms with Gasteiger partial charge in [-0.3, -0.25) is 14.9 Å². The number of benzene rings is 1. The first-order chi connectivity index (χ1) is 11.3. The van der Waals surface area contributed by atoms with Crippen molar-refractivity contribution in [3.63, 3.8) is 0 Å². The Bertz CT molecular complexity index is 648. The fourth-order valence-corrected chi connectivity index (χ4v) is 2.64. The first-order valence-corrected chi connectivity index (χ1v) is 7.14. The zero-order chi connectivity index (χ0) is 17.9. The van der Waals surface area contributed by atoms with E-state index in [0.717, 1.165) is 0 Å². The lowest BCUT2D eigenvalue weighted by Gasteiger charge is -2.08. The van der Waals surface area contributed by atoms with Crippen LogP contribution >= 0.6 is 0 Å². The maximum Gasteiger partial charge on any atom is 0.411 e. The molecule has 0 bridgehead atoms. The Morgan fingerprint density at radius 3 is 2.62 bits per heavy atom. The second-order valence-corrected chi connectivity index (χ2v) is 5.42. The van der Waals surface area contributed by atoms with Gasteiger partial charge in [0.2, 0.25) is 0 Å². The number of amides is 1. The van der Waals surface area contributed by atoms with Crippen molar-refractivity contribution in [2.45, 2.75) is 6.04 Å². The number of carbonyl (C=O) groups excluding carboxylic acids is 1. The number of aliphatic carboxylic acids is 2. The van der Waals surface area contributed by atoms with Crippen LogP contribution in [-0.4, -0.2) is 48.0 Å². The van der Waals surface area contributed by atoms with E-state index in [4.69, 9.17) is 25.4 Å². The summed E-state index contributed by atoms with van der Waals surface area (Å²) in [6, 6.07) is 5.29. The van der Waals surface area contributed by atoms with Crippen LogP contribution in [-0.2, 0) is 14.3 Å². The van der Waals surface area contributed by atoms with Crippen LogP contribution in [0.5, 0.6) is 5.75 Å². The number of anilines is 1. The largest absolute Gasteiger partial charge is 0.497 e. The first-order valence-electron chi connectivity index (χ1n) is 7.14. The van der Waals surface area contributed by atoms with Crippen molar-refractivity contribution in [1.82, 2.24) is 0 Å². The summed E-state index contributed by atoms with van der Waals surface area (Å²) in [5.41, 5.74) is 5.92. The molecule has 0 spiro atoms. The number of nitrogens with two attached hydrogens (primary N) is 1. The number of carbonyl (C=O) groups is 3. The van der Waals surface area contributed by atoms with Gasteiger partial charge in [0.15, 0.2) is 0 Å². The molecule has 1 fully saturated rings. The highest BCUT2D eigenvalue weighted by molar-refractivity contribution is 5.85. The molecule has 0 heterocycles. The Hall–Kier alpha value is -2.81. The van der Waals surface area contributed by atoms with Crippen LogP contribution in [0.4, 0.5) is 10.5 Å². The summed E-state index contributed by atoms with van der Waals surface area (Å²) < 4.78 is 10.0. The Kier molecular flexibility index (Phi) is 5.24. The topological polar surface area (TPSA) is 148 Å². The number of carboxylic acids is 2. The van der Waals surface area contributed by atoms with Gasteiger partial charge in [0, 0.05) is 23.6 Å². The van der Waals surface area contributed by atoms with E-state index in [1.165, 1.54) is 7.11 Å². The maximum absolute atomic E-state index is 11.8. The summed E-state index contributed by atoms with van der Waals surface area (Å²) in [6.45, 7) is -0.224. The summed E-state index contributed by atoms with van der Waals surface area (Å²) in [4.78, 5) is 33.7. The van der Waals surface area contributed by atoms with Gasteiger partial charge in [-0.2, -0.15) is 0 Å². The molecule has 9 heteroatoms. The van der Waals surface area contributed by atoms with Crippen LogP contribution in [0.3, 0.4) is 0 Å². The Balaban J connectivity index is 1.89. The predicted octanol–water partition coefficient (Wildman–Crippen LogP) is 0.602. The predicted molar refractivity (Wildman–Crippen MR) is 81.7 cm³/mol. The third-order valence-corrected chi connectivity index (χ3v) is 3.94. The van der Waals surface area contributed by atoms with Crippen LogP contribution in [0.1, 0.15) is 0 Å². The van der Waals surface area contributed by atoms with Gasteiger partial charge in [-0.25, -0.2) is 4.79 Å². The molecule has 1 aliphatic carbocycles. The molecular weight excluding hydrogens is 320 g/mol. The average molecular weight is 338 g/mol. The number of hydrogen-bond acceptors (Lipinski definition) is 6. The van der Waals surface area contributed by atoms with E-state index in [1.807, 2.05) is 0 Å². The monoisotopic (exact) mass is 338 g/mol. The molecule has 1 aromatic rings. The fourth-order valence-electron chi connectivity index (χ4n) is 2.64. The highest BCUT2D eigenvalue weighted by Crippen LogP contribution is 2.48. The lowest BCUT2D eigenvalue weighted by Crippen LogP contribution is -2.34. The third-order valence-electron chi connectivity index (χ3n) is 3.94. The van der Waals surface area contributed by atoms with Crippen LogP contribution in [0, 0.1) is 17.8 Å². The van der Waals surface area contributed by atoms with Crippen LogP contribution in [0.2, 0.25) is 0 Å². The number of ether oxygens (including phenoxy) is 2. The third kappa shape index (κ3) is 3.93. The zero-order valence-corrected chi connectivity index (χ0v) is 12.8. The first kappa shape index (κ1) is 17.5. The number of nitrogens with one attached hydrogen (secondary N) is 1. The standard InChI is InChI=1S/C15H18N2O7/c1-23-8-4-2-3-7(5-8)17-15(22)24-6-9-10(11(9)13(18)19)12(16)14(20)21/h2-5,9-12H,6,16H2,1H3,(H,17,22)(H,18,19)(H,20,21)/t9-,10+,11+,12+/m0/s1. The number of hydrogen-bond donors (Lipinski definition) is 4. The van der Waals surface area contributed by atoms with Crippen molar-refractivity contribution in [3.05, 3.63) is 24.3 Å². The zero-order valence-electron chi connectivity index (χ0n) is 12.8. The quantitative estimate of drug-likeness (QED) is 0.565. The molecule has 4 atom stereocenters. The van der Waals surface area contributed by atoms with E-state index in [1.54, 1.807) is 24.3 Å². The minimum atomic E-state index is -1.30. The van der Waals surface area contributed by atoms with Gasteiger partial charge in [-0.05, 0) is 12.1 Å². The van der Waals surface area contributed by atoms with Gasteiger partial charge >= 0.3 is 18.0 Å². The van der Waals surface area contributed by atoms with E-state index in [9.17, 15) is 14.4 Å². The molecule has 130 valence electrons. The summed E-state index contributed by atoms with van der Waals surface area (Å²) in [5.74, 6) is -4.20. The van der Waals surface area contributed by atoms with Gasteiger partial charge in [-0.15, -0.1) is 0 Å². The van der Waals surface area contributed by atoms with E-state index >= 15 is 0 Å². The molecule has 1 aromatic carbocycles. The molecule has 2 rings (SSSR count). The van der Waals surface area contributed by atoms with Gasteiger partial charge in [0.05, 0.1) is 19.6 Å². The number of rotatable bonds is 7. The molecule has 24 heavy (non-hydrogen) atoms. The average Bonchev–Trinajstić information content (AvgIpc) is 3.26. The minimum absolute atomic E-state index is 0.224. The Morgan fingerprint density at radius 2 is 2.04 bits per heavy atom. The summed E-state index contributed by atoms with van der Waals surface area (Å²) >= 11 is 0. The molecule has 1 saturated carbocycles. The van der Waals surface area contributed by atoms with E-state index in [-0.39, 0.29) is 6.61 Å². The smallest absolute Gasteiger partial charge is 0.411 e. The molecule has 1 amide bonds. The Labute approximate surface area is 137 Å². The molecule has 0 saturated heterocycles. The van der Waals surface area contributed by atoms with Gasteiger partial charge < -0.3 is 25.4 Å². The molecule has 0 unspecified atom stereocenters. The van der Waals surface area contributed by atoms with E-state index in [2.05, 4.69) is 5.32 Å². The van der Waals surface area contributed by atoms with Gasteiger partial charge in [-0.1, -0.05) is 6.07 Å². The SMILES string of the molecule is COc1cccc(NC(=O)OC[C@@H]2[C@@H](C(=O)O)[C@@H]2[C@@H](N)C(=O)O)c1. The lowest BCUT2D eigenvalue weighted by molar-refractivity contribution is -0.140. The van der Waals surface area contributed by atoms with Crippen LogP contribution in [0.25, 0.3) is 0 Å². The molecule has 5 N–H and O–H groups in total. The fraction of sp³-hybridized carbons (Fsp3) is 0.400. The van der Waals surface area contributed by atoms with Crippen LogP contribution < -0.4 is 15.8 Å². The Morgan fingerprint density at radius 1 is 1.33 bits per heavy atom.